The summed E-state index contributed by atoms with van der Waals surface area (Å²) in [6.07, 6.45) is -0.234. The number of primary amides is 1. The van der Waals surface area contributed by atoms with Crippen molar-refractivity contribution >= 4 is 29.6 Å². The van der Waals surface area contributed by atoms with Crippen LogP contribution in [-0.2, 0) is 24.0 Å². The van der Waals surface area contributed by atoms with Gasteiger partial charge in [0.25, 0.3) is 0 Å². The number of nitrogens with one attached hydrogen (secondary N) is 3. The second-order valence-corrected chi connectivity index (χ2v) is 6.33. The molecule has 0 aromatic rings. The number of aliphatic hydroxyl groups is 1. The van der Waals surface area contributed by atoms with Crippen molar-refractivity contribution < 1.29 is 34.2 Å². The molecule has 12 nitrogen and oxygen atoms in total. The zero-order valence-corrected chi connectivity index (χ0v) is 15.2. The van der Waals surface area contributed by atoms with Crippen molar-refractivity contribution in [3.05, 3.63) is 0 Å². The minimum absolute atomic E-state index is 0.185. The van der Waals surface area contributed by atoms with E-state index >= 15 is 0 Å². The van der Waals surface area contributed by atoms with Gasteiger partial charge in [-0.2, -0.15) is 0 Å². The maximum atomic E-state index is 12.0. The van der Waals surface area contributed by atoms with Gasteiger partial charge in [0.2, 0.25) is 23.6 Å². The molecule has 3 atom stereocenters. The van der Waals surface area contributed by atoms with Gasteiger partial charge in [-0.3, -0.25) is 19.2 Å². The molecule has 154 valence electrons. The fourth-order valence-corrected chi connectivity index (χ4v) is 2.03. The fourth-order valence-electron chi connectivity index (χ4n) is 2.03. The minimum Gasteiger partial charge on any atom is -0.480 e. The van der Waals surface area contributed by atoms with Crippen LogP contribution in [-0.4, -0.2) is 71.1 Å². The van der Waals surface area contributed by atoms with E-state index in [1.54, 1.807) is 0 Å². The van der Waals surface area contributed by atoms with Crippen LogP contribution in [0.3, 0.4) is 0 Å². The summed E-state index contributed by atoms with van der Waals surface area (Å²) in [5.74, 6) is -4.64. The third-order valence-electron chi connectivity index (χ3n) is 3.34. The molecule has 0 fully saturated rings. The van der Waals surface area contributed by atoms with Crippen molar-refractivity contribution in [2.24, 2.45) is 17.4 Å². The molecular formula is C15H27N5O7. The molecule has 12 heteroatoms. The summed E-state index contributed by atoms with van der Waals surface area (Å²) in [5.41, 5.74) is 10.6. The van der Waals surface area contributed by atoms with Gasteiger partial charge in [0.15, 0.2) is 0 Å². The average molecular weight is 389 g/mol. The predicted octanol–water partition coefficient (Wildman–Crippen LogP) is -3.60. The molecule has 0 bridgehead atoms. The number of amides is 4. The van der Waals surface area contributed by atoms with Gasteiger partial charge < -0.3 is 37.6 Å². The molecule has 0 aliphatic carbocycles. The van der Waals surface area contributed by atoms with Crippen LogP contribution in [0.5, 0.6) is 0 Å². The van der Waals surface area contributed by atoms with Crippen LogP contribution in [0, 0.1) is 5.92 Å². The Balaban J connectivity index is 4.62. The van der Waals surface area contributed by atoms with Crippen LogP contribution in [0.4, 0.5) is 0 Å². The molecule has 4 amide bonds. The van der Waals surface area contributed by atoms with Gasteiger partial charge in [-0.25, -0.2) is 4.79 Å². The highest BCUT2D eigenvalue weighted by molar-refractivity contribution is 5.93. The molecule has 0 aliphatic heterocycles. The normalized spacial score (nSPS) is 14.0. The number of hydrogen-bond acceptors (Lipinski definition) is 7. The second kappa shape index (κ2) is 11.8. The molecular weight excluding hydrogens is 362 g/mol. The Kier molecular flexibility index (Phi) is 10.6. The van der Waals surface area contributed by atoms with E-state index in [-0.39, 0.29) is 5.92 Å². The smallest absolute Gasteiger partial charge is 0.326 e. The molecule has 0 aromatic carbocycles. The third kappa shape index (κ3) is 10.1. The Morgan fingerprint density at radius 2 is 1.59 bits per heavy atom. The van der Waals surface area contributed by atoms with Crippen LogP contribution in [0.25, 0.3) is 0 Å². The maximum absolute atomic E-state index is 12.0. The number of hydrogen-bond donors (Lipinski definition) is 7. The van der Waals surface area contributed by atoms with Crippen molar-refractivity contribution in [1.82, 2.24) is 16.0 Å². The highest BCUT2D eigenvalue weighted by Crippen LogP contribution is 2.02. The van der Waals surface area contributed by atoms with E-state index in [0.717, 1.165) is 0 Å². The number of carbonyl (C=O) groups is 5. The summed E-state index contributed by atoms with van der Waals surface area (Å²) in [4.78, 5) is 57.3. The summed E-state index contributed by atoms with van der Waals surface area (Å²) in [6, 6.07) is -3.87. The zero-order chi connectivity index (χ0) is 21.1. The van der Waals surface area contributed by atoms with Gasteiger partial charge >= 0.3 is 5.97 Å². The molecule has 9 N–H and O–H groups in total. The van der Waals surface area contributed by atoms with E-state index in [0.29, 0.717) is 6.42 Å². The standard InChI is InChI=1S/C15H27N5O7/c1-7(2)3-8(16)13(24)18-5-12(23)19-10(6-21)14(25)20-9(15(26)27)4-11(17)22/h7-10,21H,3-6,16H2,1-2H3,(H2,17,22)(H,18,24)(H,19,23)(H,20,25)(H,26,27). The van der Waals surface area contributed by atoms with Crippen LogP contribution < -0.4 is 27.4 Å². The van der Waals surface area contributed by atoms with E-state index in [4.69, 9.17) is 16.6 Å². The maximum Gasteiger partial charge on any atom is 0.326 e. The molecule has 0 saturated carbocycles. The van der Waals surface area contributed by atoms with E-state index < -0.39 is 67.3 Å². The number of carboxylic acids is 1. The minimum atomic E-state index is -1.60. The van der Waals surface area contributed by atoms with Gasteiger partial charge in [0.1, 0.15) is 12.1 Å². The first kappa shape index (κ1) is 24.3. The number of aliphatic carboxylic acids is 1. The van der Waals surface area contributed by atoms with Crippen LogP contribution in [0.2, 0.25) is 0 Å². The summed E-state index contributed by atoms with van der Waals surface area (Å²) >= 11 is 0. The topological polar surface area (TPSA) is 214 Å². The monoisotopic (exact) mass is 389 g/mol. The Labute approximate surface area is 156 Å². The lowest BCUT2D eigenvalue weighted by molar-refractivity contribution is -0.144. The molecule has 0 radical (unpaired) electrons. The van der Waals surface area contributed by atoms with Crippen molar-refractivity contribution in [2.75, 3.05) is 13.2 Å². The summed E-state index contributed by atoms with van der Waals surface area (Å²) in [6.45, 7) is 2.44. The first-order valence-electron chi connectivity index (χ1n) is 8.22. The SMILES string of the molecule is CC(C)CC(N)C(=O)NCC(=O)NC(CO)C(=O)NC(CC(N)=O)C(=O)O. The summed E-state index contributed by atoms with van der Waals surface area (Å²) in [5, 5.41) is 24.6. The predicted molar refractivity (Wildman–Crippen MR) is 92.8 cm³/mol. The fraction of sp³-hybridized carbons (Fsp3) is 0.667. The molecule has 0 spiro atoms. The first-order valence-corrected chi connectivity index (χ1v) is 8.22. The molecule has 0 aromatic heterocycles. The lowest BCUT2D eigenvalue weighted by atomic mass is 10.0. The average Bonchev–Trinajstić information content (AvgIpc) is 2.55. The Morgan fingerprint density at radius 1 is 1.00 bits per heavy atom. The Hall–Kier alpha value is -2.73. The third-order valence-corrected chi connectivity index (χ3v) is 3.34. The Morgan fingerprint density at radius 3 is 2.04 bits per heavy atom. The van der Waals surface area contributed by atoms with Gasteiger partial charge in [0, 0.05) is 0 Å². The van der Waals surface area contributed by atoms with Crippen molar-refractivity contribution in [2.45, 2.75) is 44.8 Å². The zero-order valence-electron chi connectivity index (χ0n) is 15.2. The summed E-state index contributed by atoms with van der Waals surface area (Å²) in [7, 11) is 0. The molecule has 0 heterocycles. The number of carbonyl (C=O) groups excluding carboxylic acids is 4. The lowest BCUT2D eigenvalue weighted by Crippen LogP contribution is -2.55. The van der Waals surface area contributed by atoms with E-state index in [1.807, 2.05) is 19.2 Å². The van der Waals surface area contributed by atoms with Crippen molar-refractivity contribution in [1.29, 1.82) is 0 Å². The second-order valence-electron chi connectivity index (χ2n) is 6.33. The summed E-state index contributed by atoms with van der Waals surface area (Å²) < 4.78 is 0. The van der Waals surface area contributed by atoms with Crippen molar-refractivity contribution in [3.63, 3.8) is 0 Å². The highest BCUT2D eigenvalue weighted by atomic mass is 16.4. The molecule has 27 heavy (non-hydrogen) atoms. The number of nitrogens with two attached hydrogens (primary N) is 2. The van der Waals surface area contributed by atoms with E-state index in [9.17, 15) is 29.1 Å². The lowest BCUT2D eigenvalue weighted by Gasteiger charge is -2.20. The van der Waals surface area contributed by atoms with Gasteiger partial charge in [-0.05, 0) is 12.3 Å². The van der Waals surface area contributed by atoms with Crippen LogP contribution >= 0.6 is 0 Å². The van der Waals surface area contributed by atoms with Gasteiger partial charge in [0.05, 0.1) is 25.6 Å². The molecule has 0 aliphatic rings. The van der Waals surface area contributed by atoms with E-state index in [2.05, 4.69) is 10.6 Å². The van der Waals surface area contributed by atoms with Crippen LogP contribution in [0.15, 0.2) is 0 Å². The quantitative estimate of drug-likeness (QED) is 0.176. The largest absolute Gasteiger partial charge is 0.480 e. The van der Waals surface area contributed by atoms with E-state index in [1.165, 1.54) is 0 Å². The number of carboxylic acid groups (broad SMARTS) is 1. The first-order chi connectivity index (χ1) is 12.5. The Bertz CT molecular complexity index is 567. The van der Waals surface area contributed by atoms with Gasteiger partial charge in [-0.15, -0.1) is 0 Å². The molecule has 0 saturated heterocycles. The van der Waals surface area contributed by atoms with Crippen LogP contribution in [0.1, 0.15) is 26.7 Å². The number of rotatable bonds is 12. The number of aliphatic hydroxyl groups excluding tert-OH is 1. The molecule has 3 unspecified atom stereocenters. The van der Waals surface area contributed by atoms with Crippen molar-refractivity contribution in [3.8, 4) is 0 Å². The highest BCUT2D eigenvalue weighted by Gasteiger charge is 2.27. The van der Waals surface area contributed by atoms with Gasteiger partial charge in [-0.1, -0.05) is 13.8 Å². The molecule has 0 rings (SSSR count).